The molecule has 0 aliphatic heterocycles. The maximum absolute atomic E-state index is 12.6. The summed E-state index contributed by atoms with van der Waals surface area (Å²) in [5.74, 6) is 0. The van der Waals surface area contributed by atoms with E-state index >= 15 is 0 Å². The summed E-state index contributed by atoms with van der Waals surface area (Å²) in [6.07, 6.45) is -6.25. The highest BCUT2D eigenvalue weighted by molar-refractivity contribution is 5.36. The molecule has 0 aliphatic carbocycles. The molecule has 0 amide bonds. The lowest BCUT2D eigenvalue weighted by atomic mass is 10.2. The van der Waals surface area contributed by atoms with Gasteiger partial charge in [-0.3, -0.25) is 9.36 Å². The van der Waals surface area contributed by atoms with Crippen LogP contribution < -0.4 is 5.56 Å². The van der Waals surface area contributed by atoms with Gasteiger partial charge in [-0.15, -0.1) is 0 Å². The van der Waals surface area contributed by atoms with E-state index in [0.29, 0.717) is 0 Å². The summed E-state index contributed by atoms with van der Waals surface area (Å²) in [6.45, 7) is -2.96. The van der Waals surface area contributed by atoms with Gasteiger partial charge in [0.2, 0.25) is 0 Å². The van der Waals surface area contributed by atoms with Crippen LogP contribution in [0.15, 0.2) is 47.4 Å². The van der Waals surface area contributed by atoms with Gasteiger partial charge >= 0.3 is 6.18 Å². The van der Waals surface area contributed by atoms with Crippen molar-refractivity contribution in [1.82, 2.24) is 4.57 Å². The van der Waals surface area contributed by atoms with Crippen molar-refractivity contribution < 1.29 is 20.0 Å². The predicted octanol–water partition coefficient (Wildman–Crippen LogP) is 3.42. The molecule has 1 aromatic heterocycles. The van der Waals surface area contributed by atoms with E-state index in [2.05, 4.69) is 0 Å². The average molecular weight is 272 g/mol. The Kier molecular flexibility index (Phi) is 2.12. The van der Waals surface area contributed by atoms with Crippen LogP contribution in [0.4, 0.5) is 13.2 Å². The first-order chi connectivity index (χ1) is 10.8. The highest BCUT2D eigenvalue weighted by atomic mass is 19.4. The summed E-state index contributed by atoms with van der Waals surface area (Å²) in [5.41, 5.74) is -1.73. The van der Waals surface area contributed by atoms with Crippen molar-refractivity contribution in [2.75, 3.05) is 0 Å². The molecule has 2 rings (SSSR count). The summed E-state index contributed by atoms with van der Waals surface area (Å²) < 4.78 is 75.8. The average Bonchev–Trinajstić information content (AvgIpc) is 2.45. The van der Waals surface area contributed by atoms with E-state index in [-0.39, 0.29) is 11.3 Å². The number of pyridine rings is 1. The molecule has 0 atom stereocenters. The number of benzene rings is 1. The van der Waals surface area contributed by atoms with Crippen molar-refractivity contribution in [3.05, 3.63) is 64.1 Å². The van der Waals surface area contributed by atoms with E-state index in [1.165, 1.54) is 0 Å². The van der Waals surface area contributed by atoms with E-state index in [1.807, 2.05) is 0 Å². The van der Waals surface area contributed by atoms with E-state index in [0.717, 1.165) is 47.2 Å². The number of hydrogen-bond acceptors (Lipinski definition) is 1. The smallest absolute Gasteiger partial charge is 0.284 e. The van der Waals surface area contributed by atoms with Crippen LogP contribution in [-0.2, 0) is 12.5 Å². The van der Waals surface area contributed by atoms with Crippen LogP contribution in [-0.4, -0.2) is 4.57 Å². The van der Waals surface area contributed by atoms with Crippen LogP contribution in [0.1, 0.15) is 24.8 Å². The highest BCUT2D eigenvalue weighted by Crippen LogP contribution is 2.29. The summed E-state index contributed by atoms with van der Waals surface area (Å²) in [5, 5.41) is 0. The van der Waals surface area contributed by atoms with Gasteiger partial charge in [-0.2, -0.15) is 13.2 Å². The standard InChI is InChI=1S/C14H12F3NO/c1-2-10-3-8-13(19)18(9-10)12-6-4-11(5-7-12)14(15,16)17/h3-9H,2H2,1H3/i1D3,2D2. The largest absolute Gasteiger partial charge is 0.416 e. The van der Waals surface area contributed by atoms with Crippen molar-refractivity contribution >= 4 is 0 Å². The van der Waals surface area contributed by atoms with Crippen LogP contribution in [0.5, 0.6) is 0 Å². The SMILES string of the molecule is [2H]C([2H])([2H])C([2H])([2H])c1ccc(=O)n(-c2ccc(C(F)(F)F)cc2)c1. The number of halogens is 3. The lowest BCUT2D eigenvalue weighted by molar-refractivity contribution is -0.137. The third-order valence-electron chi connectivity index (χ3n) is 2.53. The lowest BCUT2D eigenvalue weighted by Gasteiger charge is -2.10. The Balaban J connectivity index is 2.53. The molecule has 0 radical (unpaired) electrons. The molecule has 19 heavy (non-hydrogen) atoms. The number of nitrogens with zero attached hydrogens (tertiary/aromatic N) is 1. The van der Waals surface area contributed by atoms with Gasteiger partial charge in [0.1, 0.15) is 0 Å². The Bertz CT molecular complexity index is 794. The van der Waals surface area contributed by atoms with Crippen molar-refractivity contribution in [2.24, 2.45) is 0 Å². The number of rotatable bonds is 2. The van der Waals surface area contributed by atoms with Gasteiger partial charge in [-0.1, -0.05) is 12.9 Å². The van der Waals surface area contributed by atoms with Gasteiger partial charge in [0.25, 0.3) is 5.56 Å². The zero-order valence-electron chi connectivity index (χ0n) is 14.5. The molecule has 5 heteroatoms. The molecular formula is C14H12F3NO. The van der Waals surface area contributed by atoms with Gasteiger partial charge in [0, 0.05) is 24.8 Å². The number of alkyl halides is 3. The molecule has 2 nitrogen and oxygen atoms in total. The molecule has 0 spiro atoms. The first kappa shape index (κ1) is 8.19. The van der Waals surface area contributed by atoms with Crippen LogP contribution in [0.2, 0.25) is 0 Å². The minimum Gasteiger partial charge on any atom is -0.284 e. The fourth-order valence-corrected chi connectivity index (χ4v) is 1.57. The molecule has 1 aromatic carbocycles. The molecule has 2 aromatic rings. The van der Waals surface area contributed by atoms with Crippen molar-refractivity contribution in [2.45, 2.75) is 19.4 Å². The van der Waals surface area contributed by atoms with Gasteiger partial charge in [0.15, 0.2) is 0 Å². The summed E-state index contributed by atoms with van der Waals surface area (Å²) in [7, 11) is 0. The topological polar surface area (TPSA) is 22.0 Å². The number of hydrogen-bond donors (Lipinski definition) is 0. The minimum atomic E-state index is -4.52. The van der Waals surface area contributed by atoms with Gasteiger partial charge in [0.05, 0.1) is 5.56 Å². The zero-order chi connectivity index (χ0) is 18.3. The van der Waals surface area contributed by atoms with Crippen molar-refractivity contribution in [3.8, 4) is 5.69 Å². The summed E-state index contributed by atoms with van der Waals surface area (Å²) >= 11 is 0. The van der Waals surface area contributed by atoms with Gasteiger partial charge in [-0.05, 0) is 36.2 Å². The Morgan fingerprint density at radius 2 is 1.89 bits per heavy atom. The molecule has 0 saturated heterocycles. The Morgan fingerprint density at radius 1 is 1.21 bits per heavy atom. The second kappa shape index (κ2) is 4.91. The summed E-state index contributed by atoms with van der Waals surface area (Å²) in [4.78, 5) is 11.9. The minimum absolute atomic E-state index is 0.0659. The van der Waals surface area contributed by atoms with E-state index in [1.54, 1.807) is 0 Å². The molecule has 0 fully saturated rings. The Hall–Kier alpha value is -2.04. The fourth-order valence-electron chi connectivity index (χ4n) is 1.57. The van der Waals surface area contributed by atoms with Crippen LogP contribution in [0.3, 0.4) is 0 Å². The van der Waals surface area contributed by atoms with E-state index in [4.69, 9.17) is 6.85 Å². The molecular weight excluding hydrogens is 255 g/mol. The van der Waals surface area contributed by atoms with Crippen LogP contribution >= 0.6 is 0 Å². The quantitative estimate of drug-likeness (QED) is 0.821. The normalized spacial score (nSPS) is 16.9. The third-order valence-corrected chi connectivity index (χ3v) is 2.53. The monoisotopic (exact) mass is 272 g/mol. The Morgan fingerprint density at radius 3 is 2.47 bits per heavy atom. The zero-order valence-corrected chi connectivity index (χ0v) is 9.53. The van der Waals surface area contributed by atoms with Gasteiger partial charge < -0.3 is 0 Å². The molecule has 0 bridgehead atoms. The van der Waals surface area contributed by atoms with Crippen molar-refractivity contribution in [3.63, 3.8) is 0 Å². The molecule has 0 N–H and O–H groups in total. The molecule has 1 heterocycles. The first-order valence-corrected chi connectivity index (χ1v) is 5.25. The molecule has 100 valence electrons. The van der Waals surface area contributed by atoms with Crippen LogP contribution in [0.25, 0.3) is 5.69 Å². The number of aromatic nitrogens is 1. The molecule has 0 unspecified atom stereocenters. The third kappa shape index (κ3) is 2.86. The second-order valence-corrected chi connectivity index (χ2v) is 3.80. The van der Waals surface area contributed by atoms with E-state index < -0.39 is 30.5 Å². The maximum Gasteiger partial charge on any atom is 0.416 e. The number of aryl methyl sites for hydroxylation is 1. The molecule has 0 aliphatic rings. The van der Waals surface area contributed by atoms with E-state index in [9.17, 15) is 18.0 Å². The fraction of sp³-hybridized carbons (Fsp3) is 0.214. The van der Waals surface area contributed by atoms with Gasteiger partial charge in [-0.25, -0.2) is 0 Å². The Labute approximate surface area is 115 Å². The second-order valence-electron chi connectivity index (χ2n) is 3.80. The first-order valence-electron chi connectivity index (χ1n) is 7.75. The lowest BCUT2D eigenvalue weighted by Crippen LogP contribution is -2.17. The maximum atomic E-state index is 12.6. The van der Waals surface area contributed by atoms with Crippen LogP contribution in [0, 0.1) is 0 Å². The highest BCUT2D eigenvalue weighted by Gasteiger charge is 2.29. The predicted molar refractivity (Wildman–Crippen MR) is 66.4 cm³/mol. The van der Waals surface area contributed by atoms with Crippen molar-refractivity contribution in [1.29, 1.82) is 0 Å². The summed E-state index contributed by atoms with van der Waals surface area (Å²) in [6, 6.07) is 5.70. The molecule has 0 saturated carbocycles.